The minimum atomic E-state index is -1.10. The van der Waals surface area contributed by atoms with Gasteiger partial charge in [-0.1, -0.05) is 23.8 Å². The summed E-state index contributed by atoms with van der Waals surface area (Å²) in [5.74, 6) is -4.14. The predicted octanol–water partition coefficient (Wildman–Crippen LogP) is 4.25. The van der Waals surface area contributed by atoms with Crippen LogP contribution in [-0.4, -0.2) is 151 Å². The van der Waals surface area contributed by atoms with Gasteiger partial charge in [0.05, 0.1) is 88.7 Å². The molecule has 3 aromatic rings. The first-order chi connectivity index (χ1) is 35.1. The summed E-state index contributed by atoms with van der Waals surface area (Å²) in [7, 11) is 0. The fourth-order valence-electron chi connectivity index (χ4n) is 7.46. The van der Waals surface area contributed by atoms with Crippen LogP contribution in [0.15, 0.2) is 48.7 Å². The molecule has 21 nitrogen and oxygen atoms in total. The molecule has 0 radical (unpaired) electrons. The highest BCUT2D eigenvalue weighted by Gasteiger charge is 2.40. The molecule has 4 atom stereocenters. The van der Waals surface area contributed by atoms with E-state index in [9.17, 15) is 37.5 Å². The van der Waals surface area contributed by atoms with Crippen molar-refractivity contribution in [2.24, 2.45) is 0 Å². The van der Waals surface area contributed by atoms with Crippen LogP contribution >= 0.6 is 11.8 Å². The molecular formula is C49H69F2N9O12S. The molecule has 2 fully saturated rings. The van der Waals surface area contributed by atoms with Crippen LogP contribution in [0.25, 0.3) is 5.69 Å². The monoisotopic (exact) mass is 1050 g/mol. The number of thioether (sulfide) groups is 1. The lowest BCUT2D eigenvalue weighted by Crippen LogP contribution is -2.43. The van der Waals surface area contributed by atoms with Gasteiger partial charge in [-0.25, -0.2) is 23.1 Å². The highest BCUT2D eigenvalue weighted by Crippen LogP contribution is 2.37. The Morgan fingerprint density at radius 2 is 1.49 bits per heavy atom. The van der Waals surface area contributed by atoms with Gasteiger partial charge in [-0.15, -0.1) is 16.9 Å². The molecule has 24 heteroatoms. The number of rotatable bonds is 34. The average molecular weight is 1050 g/mol. The van der Waals surface area contributed by atoms with Crippen LogP contribution in [0, 0.1) is 11.6 Å². The first-order valence-electron chi connectivity index (χ1n) is 24.6. The van der Waals surface area contributed by atoms with Crippen molar-refractivity contribution in [1.82, 2.24) is 46.9 Å². The first kappa shape index (κ1) is 57.9. The van der Waals surface area contributed by atoms with Gasteiger partial charge in [-0.05, 0) is 89.6 Å². The number of alkyl carbamates (subject to hydrolysis) is 1. The van der Waals surface area contributed by atoms with Gasteiger partial charge in [-0.2, -0.15) is 0 Å². The van der Waals surface area contributed by atoms with Crippen molar-refractivity contribution in [2.45, 2.75) is 113 Å². The number of nitrogens with zero attached hydrogens (tertiary/aromatic N) is 3. The number of ketones is 1. The summed E-state index contributed by atoms with van der Waals surface area (Å²) >= 11 is 1.81. The maximum absolute atomic E-state index is 14.2. The van der Waals surface area contributed by atoms with Crippen LogP contribution in [-0.2, 0) is 44.6 Å². The summed E-state index contributed by atoms with van der Waals surface area (Å²) in [5, 5.41) is 25.8. The number of unbranched alkanes of at least 4 members (excludes halogenated alkanes) is 2. The highest BCUT2D eigenvalue weighted by atomic mass is 32.2. The molecule has 2 aliphatic heterocycles. The zero-order valence-corrected chi connectivity index (χ0v) is 42.5. The zero-order chi connectivity index (χ0) is 52.4. The van der Waals surface area contributed by atoms with Crippen LogP contribution in [0.2, 0.25) is 0 Å². The van der Waals surface area contributed by atoms with Gasteiger partial charge in [0.1, 0.15) is 17.9 Å². The number of benzene rings is 2. The summed E-state index contributed by atoms with van der Waals surface area (Å²) in [6.45, 7) is 8.01. The van der Waals surface area contributed by atoms with E-state index in [1.165, 1.54) is 22.9 Å². The quantitative estimate of drug-likeness (QED) is 0.0457. The molecule has 402 valence electrons. The Morgan fingerprint density at radius 1 is 0.808 bits per heavy atom. The number of carbonyl (C=O) groups excluding carboxylic acids is 6. The molecule has 6 amide bonds. The third-order valence-corrected chi connectivity index (χ3v) is 12.6. The number of amides is 6. The van der Waals surface area contributed by atoms with E-state index in [0.717, 1.165) is 37.8 Å². The summed E-state index contributed by atoms with van der Waals surface area (Å²) in [6.07, 6.45) is 6.36. The average Bonchev–Trinajstić information content (AvgIpc) is 4.07. The Balaban J connectivity index is 0.888. The van der Waals surface area contributed by atoms with Crippen LogP contribution in [0.3, 0.4) is 0 Å². The normalized spacial score (nSPS) is 16.5. The second-order valence-electron chi connectivity index (χ2n) is 18.2. The molecule has 0 spiro atoms. The summed E-state index contributed by atoms with van der Waals surface area (Å²) in [5.41, 5.74) is 0.423. The van der Waals surface area contributed by atoms with Crippen LogP contribution in [0.4, 0.5) is 18.4 Å². The predicted molar refractivity (Wildman–Crippen MR) is 264 cm³/mol. The van der Waals surface area contributed by atoms with E-state index >= 15 is 0 Å². The van der Waals surface area contributed by atoms with E-state index in [1.807, 2.05) is 11.8 Å². The molecule has 6 N–H and O–H groups in total. The Hall–Kier alpha value is -5.95. The zero-order valence-electron chi connectivity index (χ0n) is 41.7. The smallest absolute Gasteiger partial charge is 0.407 e. The minimum absolute atomic E-state index is 0.0133. The SMILES string of the molecule is CC(C)(C)OC(=O)NCCCCC(NC(=O)c1cccc(-n2cc(CNC(=O)CCOCCOCCOCCOCCNC(=O)CCCC[C@H]3C[C@@H]4NC(=O)N[C@@H]4S3)nn2)c1)C(=O)COc1c(F)cccc1F. The molecule has 0 aliphatic carbocycles. The first-order valence-corrected chi connectivity index (χ1v) is 25.5. The molecule has 1 unspecified atom stereocenters. The number of para-hydroxylation sites is 1. The van der Waals surface area contributed by atoms with Gasteiger partial charge in [0.15, 0.2) is 23.2 Å². The maximum atomic E-state index is 14.2. The molecule has 73 heavy (non-hydrogen) atoms. The standard InChI is InChI=1S/C49H69F2N9O12S/c1-49(2,3)72-48(66)53-18-7-6-15-39(41(61)32-71-44-37(50)13-9-14-38(44)51)55-45(64)33-10-8-11-35(28-33)60-31-34(58-59-60)30-54-43(63)17-20-67-22-24-69-26-27-70-25-23-68-21-19-52-42(62)16-5-4-12-36-29-40-46(73-36)57-47(65)56-40/h8-11,13-14,28,31,36,39-40,46H,4-7,12,15-27,29-30,32H2,1-3H3,(H,52,62)(H,53,66)(H,54,63)(H,55,64)(H2,56,57,65)/t36-,39?,40-,46+/m0/s1. The van der Waals surface area contributed by atoms with E-state index in [1.54, 1.807) is 39.1 Å². The molecule has 0 bridgehead atoms. The number of hydrogen-bond acceptors (Lipinski definition) is 15. The highest BCUT2D eigenvalue weighted by molar-refractivity contribution is 8.00. The molecule has 2 aromatic carbocycles. The number of Topliss-reactive ketones (excluding diaryl/α,β-unsaturated/α-hetero) is 1. The van der Waals surface area contributed by atoms with Crippen molar-refractivity contribution in [2.75, 3.05) is 72.6 Å². The van der Waals surface area contributed by atoms with Crippen molar-refractivity contribution in [3.63, 3.8) is 0 Å². The van der Waals surface area contributed by atoms with Crippen LogP contribution < -0.4 is 36.6 Å². The lowest BCUT2D eigenvalue weighted by atomic mass is 10.0. The van der Waals surface area contributed by atoms with E-state index in [0.29, 0.717) is 88.7 Å². The van der Waals surface area contributed by atoms with Crippen molar-refractivity contribution in [1.29, 1.82) is 0 Å². The largest absolute Gasteiger partial charge is 0.480 e. The maximum Gasteiger partial charge on any atom is 0.407 e. The number of halogens is 2. The Kier molecular flexibility index (Phi) is 24.6. The Morgan fingerprint density at radius 3 is 2.21 bits per heavy atom. The van der Waals surface area contributed by atoms with Gasteiger partial charge in [0.25, 0.3) is 5.91 Å². The Labute approximate surface area is 428 Å². The minimum Gasteiger partial charge on any atom is -0.480 e. The summed E-state index contributed by atoms with van der Waals surface area (Å²) in [6, 6.07) is 8.58. The second-order valence-corrected chi connectivity index (χ2v) is 19.6. The molecule has 2 aliphatic rings. The van der Waals surface area contributed by atoms with Crippen LogP contribution in [0.5, 0.6) is 5.75 Å². The number of aromatic nitrogens is 3. The topological polar surface area (TPSA) is 261 Å². The number of ether oxygens (including phenoxy) is 6. The van der Waals surface area contributed by atoms with Crippen molar-refractivity contribution >= 4 is 47.4 Å². The van der Waals surface area contributed by atoms with Crippen LogP contribution in [0.1, 0.15) is 94.6 Å². The summed E-state index contributed by atoms with van der Waals surface area (Å²) in [4.78, 5) is 74.8. The molecule has 1 aromatic heterocycles. The fourth-order valence-corrected chi connectivity index (χ4v) is 9.04. The van der Waals surface area contributed by atoms with Crippen molar-refractivity contribution in [3.8, 4) is 11.4 Å². The van der Waals surface area contributed by atoms with Gasteiger partial charge in [0, 0.05) is 36.7 Å². The fraction of sp³-hybridized carbons (Fsp3) is 0.592. The molecule has 5 rings (SSSR count). The van der Waals surface area contributed by atoms with Gasteiger partial charge in [0.2, 0.25) is 11.8 Å². The van der Waals surface area contributed by atoms with E-state index < -0.39 is 53.4 Å². The number of hydrogen-bond donors (Lipinski definition) is 6. The van der Waals surface area contributed by atoms with Gasteiger partial charge >= 0.3 is 12.1 Å². The summed E-state index contributed by atoms with van der Waals surface area (Å²) < 4.78 is 62.3. The second kappa shape index (κ2) is 30.9. The number of nitrogens with one attached hydrogen (secondary N) is 6. The van der Waals surface area contributed by atoms with Gasteiger partial charge < -0.3 is 60.3 Å². The number of urea groups is 1. The molecule has 0 saturated carbocycles. The Bertz CT molecular complexity index is 2220. The third-order valence-electron chi connectivity index (χ3n) is 11.1. The van der Waals surface area contributed by atoms with E-state index in [-0.39, 0.29) is 67.4 Å². The van der Waals surface area contributed by atoms with Gasteiger partial charge in [-0.3, -0.25) is 19.2 Å². The van der Waals surface area contributed by atoms with E-state index in [2.05, 4.69) is 42.2 Å². The lowest BCUT2D eigenvalue weighted by Gasteiger charge is -2.20. The van der Waals surface area contributed by atoms with Crippen molar-refractivity contribution < 1.29 is 66.0 Å². The number of carbonyl (C=O) groups is 6. The molecule has 3 heterocycles. The molecular weight excluding hydrogens is 977 g/mol. The van der Waals surface area contributed by atoms with E-state index in [4.69, 9.17) is 28.4 Å². The molecule has 2 saturated heterocycles. The number of fused-ring (bicyclic) bond motifs is 1. The lowest BCUT2D eigenvalue weighted by molar-refractivity contribution is -0.123. The van der Waals surface area contributed by atoms with Crippen molar-refractivity contribution in [3.05, 3.63) is 71.6 Å². The third kappa shape index (κ3) is 22.0.